The van der Waals surface area contributed by atoms with Gasteiger partial charge in [-0.05, 0) is 31.6 Å². The van der Waals surface area contributed by atoms with Crippen molar-refractivity contribution in [2.75, 3.05) is 18.1 Å². The summed E-state index contributed by atoms with van der Waals surface area (Å²) in [5.41, 5.74) is 0. The van der Waals surface area contributed by atoms with E-state index in [1.54, 1.807) is 11.1 Å². The number of carbonyl (C=O) groups is 2. The lowest BCUT2D eigenvalue weighted by molar-refractivity contribution is -0.141. The lowest BCUT2D eigenvalue weighted by Crippen LogP contribution is -2.49. The maximum Gasteiger partial charge on any atom is 0.229 e. The van der Waals surface area contributed by atoms with Crippen LogP contribution < -0.4 is 4.90 Å². The number of carbonyl (C=O) groups excluding carboxylic acids is 2. The van der Waals surface area contributed by atoms with Gasteiger partial charge in [0.15, 0.2) is 5.13 Å². The normalized spacial score (nSPS) is 33.5. The first-order valence-corrected chi connectivity index (χ1v) is 9.18. The van der Waals surface area contributed by atoms with Gasteiger partial charge in [-0.25, -0.2) is 4.98 Å². The molecule has 0 aromatic carbocycles. The Labute approximate surface area is 139 Å². The highest BCUT2D eigenvalue weighted by Gasteiger charge is 2.47. The van der Waals surface area contributed by atoms with E-state index in [1.807, 2.05) is 10.3 Å². The van der Waals surface area contributed by atoms with E-state index in [9.17, 15) is 14.7 Å². The highest BCUT2D eigenvalue weighted by atomic mass is 32.1. The van der Waals surface area contributed by atoms with Crippen molar-refractivity contribution in [2.45, 2.75) is 44.2 Å². The van der Waals surface area contributed by atoms with E-state index in [4.69, 9.17) is 0 Å². The van der Waals surface area contributed by atoms with E-state index in [1.165, 1.54) is 11.3 Å². The van der Waals surface area contributed by atoms with Crippen LogP contribution in [0.15, 0.2) is 11.6 Å². The molecular weight excluding hydrogens is 314 g/mol. The Kier molecular flexibility index (Phi) is 3.85. The molecule has 2 amide bonds. The summed E-state index contributed by atoms with van der Waals surface area (Å²) in [5.74, 6) is 0.200. The Bertz CT molecular complexity index is 592. The quantitative estimate of drug-likeness (QED) is 0.902. The van der Waals surface area contributed by atoms with Crippen LogP contribution in [0.25, 0.3) is 0 Å². The molecule has 23 heavy (non-hydrogen) atoms. The molecule has 6 nitrogen and oxygen atoms in total. The van der Waals surface area contributed by atoms with Crippen molar-refractivity contribution in [3.63, 3.8) is 0 Å². The maximum absolute atomic E-state index is 13.0. The monoisotopic (exact) mass is 335 g/mol. The molecule has 3 saturated heterocycles. The molecule has 0 radical (unpaired) electrons. The molecule has 4 rings (SSSR count). The van der Waals surface area contributed by atoms with Gasteiger partial charge < -0.3 is 10.0 Å². The molecule has 1 aromatic rings. The lowest BCUT2D eigenvalue weighted by atomic mass is 9.90. The number of hydrogen-bond donors (Lipinski definition) is 1. The molecule has 3 aliphatic heterocycles. The van der Waals surface area contributed by atoms with Crippen molar-refractivity contribution in [1.29, 1.82) is 0 Å². The molecule has 3 fully saturated rings. The van der Waals surface area contributed by atoms with Gasteiger partial charge in [0.2, 0.25) is 11.8 Å². The number of thiazole rings is 1. The standard InChI is InChI=1S/C16H21N3O3S/c20-9-10-5-12-1-2-13(6-10)19(12)15(22)11-7-14(21)18(8-11)16-17-3-4-23-16/h3-4,10-13,20H,1-2,5-9H2/t10?,11?,12-,13+. The van der Waals surface area contributed by atoms with Crippen molar-refractivity contribution in [3.8, 4) is 0 Å². The van der Waals surface area contributed by atoms with Gasteiger partial charge in [-0.3, -0.25) is 14.5 Å². The number of aliphatic hydroxyl groups is 1. The third-order valence-electron chi connectivity index (χ3n) is 5.47. The predicted molar refractivity (Wildman–Crippen MR) is 86.0 cm³/mol. The molecule has 4 heterocycles. The van der Waals surface area contributed by atoms with Gasteiger partial charge in [0.1, 0.15) is 0 Å². The SMILES string of the molecule is O=C1CC(C(=O)N2[C@@H]3CC[C@H]2CC(CO)C3)CN1c1nccs1. The Morgan fingerprint density at radius 2 is 2.09 bits per heavy atom. The zero-order chi connectivity index (χ0) is 16.0. The number of nitrogens with zero attached hydrogens (tertiary/aromatic N) is 3. The first-order valence-electron chi connectivity index (χ1n) is 8.30. The zero-order valence-electron chi connectivity index (χ0n) is 12.9. The van der Waals surface area contributed by atoms with Gasteiger partial charge >= 0.3 is 0 Å². The second-order valence-electron chi connectivity index (χ2n) is 6.87. The third-order valence-corrected chi connectivity index (χ3v) is 6.26. The second-order valence-corrected chi connectivity index (χ2v) is 7.74. The van der Waals surface area contributed by atoms with Crippen LogP contribution in [0.2, 0.25) is 0 Å². The van der Waals surface area contributed by atoms with Crippen LogP contribution in [-0.2, 0) is 9.59 Å². The van der Waals surface area contributed by atoms with Crippen LogP contribution in [0.4, 0.5) is 5.13 Å². The minimum atomic E-state index is -0.250. The van der Waals surface area contributed by atoms with Crippen LogP contribution in [0, 0.1) is 11.8 Å². The van der Waals surface area contributed by atoms with Crippen LogP contribution in [-0.4, -0.2) is 52.0 Å². The number of aromatic nitrogens is 1. The number of rotatable bonds is 3. The zero-order valence-corrected chi connectivity index (χ0v) is 13.7. The summed E-state index contributed by atoms with van der Waals surface area (Å²) in [6, 6.07) is 0.504. The summed E-state index contributed by atoms with van der Waals surface area (Å²) >= 11 is 1.43. The summed E-state index contributed by atoms with van der Waals surface area (Å²) < 4.78 is 0. The minimum Gasteiger partial charge on any atom is -0.396 e. The average Bonchev–Trinajstić information content (AvgIpc) is 3.25. The number of aliphatic hydroxyl groups excluding tert-OH is 1. The van der Waals surface area contributed by atoms with Crippen molar-refractivity contribution < 1.29 is 14.7 Å². The summed E-state index contributed by atoms with van der Waals surface area (Å²) in [5, 5.41) is 11.9. The summed E-state index contributed by atoms with van der Waals surface area (Å²) in [4.78, 5) is 33.1. The molecule has 2 unspecified atom stereocenters. The van der Waals surface area contributed by atoms with Crippen LogP contribution in [0.3, 0.4) is 0 Å². The minimum absolute atomic E-state index is 0.00380. The number of anilines is 1. The highest BCUT2D eigenvalue weighted by molar-refractivity contribution is 7.13. The predicted octanol–water partition coefficient (Wildman–Crippen LogP) is 1.26. The van der Waals surface area contributed by atoms with Crippen molar-refractivity contribution in [1.82, 2.24) is 9.88 Å². The molecule has 0 saturated carbocycles. The molecule has 0 aliphatic carbocycles. The molecule has 3 aliphatic rings. The Morgan fingerprint density at radius 3 is 2.70 bits per heavy atom. The Morgan fingerprint density at radius 1 is 1.35 bits per heavy atom. The van der Waals surface area contributed by atoms with E-state index in [2.05, 4.69) is 4.98 Å². The first-order chi connectivity index (χ1) is 11.2. The van der Waals surface area contributed by atoms with E-state index in [0.29, 0.717) is 17.6 Å². The maximum atomic E-state index is 13.0. The fraction of sp³-hybridized carbons (Fsp3) is 0.688. The Hall–Kier alpha value is -1.47. The van der Waals surface area contributed by atoms with Gasteiger partial charge in [0, 0.05) is 43.2 Å². The molecule has 0 spiro atoms. The van der Waals surface area contributed by atoms with Gasteiger partial charge in [0.25, 0.3) is 0 Å². The molecule has 124 valence electrons. The highest BCUT2D eigenvalue weighted by Crippen LogP contribution is 2.40. The van der Waals surface area contributed by atoms with E-state index in [-0.39, 0.29) is 42.8 Å². The van der Waals surface area contributed by atoms with Crippen LogP contribution >= 0.6 is 11.3 Å². The summed E-state index contributed by atoms with van der Waals surface area (Å²) in [6.07, 6.45) is 5.83. The van der Waals surface area contributed by atoms with Gasteiger partial charge in [0.05, 0.1) is 5.92 Å². The molecule has 4 atom stereocenters. The molecule has 2 bridgehead atoms. The summed E-state index contributed by atoms with van der Waals surface area (Å²) in [6.45, 7) is 0.666. The van der Waals surface area contributed by atoms with Gasteiger partial charge in [-0.15, -0.1) is 11.3 Å². The van der Waals surface area contributed by atoms with Crippen molar-refractivity contribution in [2.24, 2.45) is 11.8 Å². The second kappa shape index (κ2) is 5.87. The molecular formula is C16H21N3O3S. The average molecular weight is 335 g/mol. The smallest absolute Gasteiger partial charge is 0.229 e. The topological polar surface area (TPSA) is 73.7 Å². The third kappa shape index (κ3) is 2.55. The van der Waals surface area contributed by atoms with Gasteiger partial charge in [-0.1, -0.05) is 0 Å². The number of hydrogen-bond acceptors (Lipinski definition) is 5. The lowest BCUT2D eigenvalue weighted by Gasteiger charge is -2.39. The van der Waals surface area contributed by atoms with Crippen LogP contribution in [0.1, 0.15) is 32.1 Å². The first kappa shape index (κ1) is 15.1. The largest absolute Gasteiger partial charge is 0.396 e. The molecule has 7 heteroatoms. The Balaban J connectivity index is 1.47. The van der Waals surface area contributed by atoms with Crippen molar-refractivity contribution >= 4 is 28.3 Å². The van der Waals surface area contributed by atoms with E-state index in [0.717, 1.165) is 25.7 Å². The fourth-order valence-electron chi connectivity index (χ4n) is 4.42. The van der Waals surface area contributed by atoms with E-state index >= 15 is 0 Å². The van der Waals surface area contributed by atoms with E-state index < -0.39 is 0 Å². The molecule has 1 aromatic heterocycles. The molecule has 1 N–H and O–H groups in total. The number of piperidine rings is 1. The van der Waals surface area contributed by atoms with Gasteiger partial charge in [-0.2, -0.15) is 0 Å². The fourth-order valence-corrected chi connectivity index (χ4v) is 5.09. The summed E-state index contributed by atoms with van der Waals surface area (Å²) in [7, 11) is 0. The van der Waals surface area contributed by atoms with Crippen LogP contribution in [0.5, 0.6) is 0 Å². The van der Waals surface area contributed by atoms with Crippen molar-refractivity contribution in [3.05, 3.63) is 11.6 Å². The number of amides is 2. The number of fused-ring (bicyclic) bond motifs is 2.